The number of amides is 1. The van der Waals surface area contributed by atoms with Crippen LogP contribution in [0.25, 0.3) is 0 Å². The molecule has 0 radical (unpaired) electrons. The average Bonchev–Trinajstić information content (AvgIpc) is 2.52. The fourth-order valence-electron chi connectivity index (χ4n) is 2.08. The first-order chi connectivity index (χ1) is 10.6. The number of methoxy groups -OCH3 is 1. The summed E-state index contributed by atoms with van der Waals surface area (Å²) in [6.45, 7) is 1.69. The van der Waals surface area contributed by atoms with Gasteiger partial charge in [0.1, 0.15) is 0 Å². The van der Waals surface area contributed by atoms with E-state index in [-0.39, 0.29) is 17.2 Å². The third kappa shape index (κ3) is 4.82. The molecule has 8 heteroatoms. The predicted octanol–water partition coefficient (Wildman–Crippen LogP) is 2.69. The molecule has 22 heavy (non-hydrogen) atoms. The molecule has 1 aromatic carbocycles. The van der Waals surface area contributed by atoms with Crippen LogP contribution in [0.3, 0.4) is 0 Å². The summed E-state index contributed by atoms with van der Waals surface area (Å²) in [7, 11) is 1.52. The molecule has 1 amide bonds. The molecular weight excluding hydrogens is 331 g/mol. The summed E-state index contributed by atoms with van der Waals surface area (Å²) in [6.07, 6.45) is 1.83. The van der Waals surface area contributed by atoms with E-state index < -0.39 is 11.7 Å². The van der Waals surface area contributed by atoms with E-state index in [9.17, 15) is 9.18 Å². The Hall–Kier alpha value is -0.860. The smallest absolute Gasteiger partial charge is 0.269 e. The summed E-state index contributed by atoms with van der Waals surface area (Å²) in [5.74, 6) is -1.31. The van der Waals surface area contributed by atoms with Crippen molar-refractivity contribution in [3.8, 4) is 0 Å². The summed E-state index contributed by atoms with van der Waals surface area (Å²) in [4.78, 5) is 14.8. The first-order valence-electron chi connectivity index (χ1n) is 6.87. The minimum absolute atomic E-state index is 0.100. The maximum Gasteiger partial charge on any atom is 0.269 e. The third-order valence-electron chi connectivity index (χ3n) is 3.20. The Labute approximate surface area is 138 Å². The fraction of sp³-hybridized carbons (Fsp3) is 0.500. The van der Waals surface area contributed by atoms with Gasteiger partial charge in [-0.2, -0.15) is 4.83 Å². The molecule has 0 aliphatic carbocycles. The fourth-order valence-corrected chi connectivity index (χ4v) is 3.07. The van der Waals surface area contributed by atoms with Crippen LogP contribution in [0.2, 0.25) is 5.02 Å². The monoisotopic (exact) mass is 348 g/mol. The van der Waals surface area contributed by atoms with Crippen molar-refractivity contribution in [3.05, 3.63) is 34.1 Å². The van der Waals surface area contributed by atoms with Crippen LogP contribution in [0.15, 0.2) is 12.1 Å². The van der Waals surface area contributed by atoms with Crippen molar-refractivity contribution < 1.29 is 18.7 Å². The number of benzene rings is 1. The van der Waals surface area contributed by atoms with Crippen LogP contribution in [-0.2, 0) is 16.1 Å². The Balaban J connectivity index is 1.93. The van der Waals surface area contributed by atoms with Gasteiger partial charge in [-0.1, -0.05) is 23.5 Å². The summed E-state index contributed by atoms with van der Waals surface area (Å²) in [5, 5.41) is 0.263. The van der Waals surface area contributed by atoms with Crippen molar-refractivity contribution in [1.82, 2.24) is 10.3 Å². The molecule has 1 fully saturated rings. The summed E-state index contributed by atoms with van der Waals surface area (Å²) in [6, 6.07) is 2.88. The number of halogens is 2. The molecule has 0 saturated carbocycles. The lowest BCUT2D eigenvalue weighted by atomic mass is 10.1. The number of hydrogen-bond acceptors (Lipinski definition) is 5. The van der Waals surface area contributed by atoms with Gasteiger partial charge >= 0.3 is 0 Å². The molecule has 0 unspecified atom stereocenters. The highest BCUT2D eigenvalue weighted by Crippen LogP contribution is 2.22. The van der Waals surface area contributed by atoms with E-state index in [1.165, 1.54) is 31.2 Å². The highest BCUT2D eigenvalue weighted by molar-refractivity contribution is 7.98. The molecule has 1 aliphatic heterocycles. The van der Waals surface area contributed by atoms with Gasteiger partial charge in [-0.25, -0.2) is 4.39 Å². The van der Waals surface area contributed by atoms with Gasteiger partial charge in [0.15, 0.2) is 5.82 Å². The summed E-state index contributed by atoms with van der Waals surface area (Å²) < 4.78 is 24.2. The second-order valence-corrected chi connectivity index (χ2v) is 6.37. The van der Waals surface area contributed by atoms with E-state index in [2.05, 4.69) is 10.3 Å². The largest absolute Gasteiger partial charge is 0.381 e. The Morgan fingerprint density at radius 2 is 2.23 bits per heavy atom. The number of nitrogens with one attached hydrogen (secondary N) is 2. The van der Waals surface area contributed by atoms with Crippen LogP contribution in [0.1, 0.15) is 28.8 Å². The van der Waals surface area contributed by atoms with Gasteiger partial charge in [0.05, 0.1) is 17.2 Å². The van der Waals surface area contributed by atoms with Gasteiger partial charge < -0.3 is 9.47 Å². The number of hydrogen-bond donors (Lipinski definition) is 2. The van der Waals surface area contributed by atoms with Crippen molar-refractivity contribution in [2.24, 2.45) is 0 Å². The van der Waals surface area contributed by atoms with Crippen molar-refractivity contribution in [2.45, 2.75) is 24.7 Å². The lowest BCUT2D eigenvalue weighted by molar-refractivity contribution is 0.0940. The summed E-state index contributed by atoms with van der Waals surface area (Å²) in [5.41, 5.74) is 3.00. The maximum atomic E-state index is 14.0. The van der Waals surface area contributed by atoms with Crippen LogP contribution in [-0.4, -0.2) is 31.5 Å². The number of carbonyl (C=O) groups excluding carboxylic acids is 1. The minimum atomic E-state index is -0.739. The van der Waals surface area contributed by atoms with E-state index in [4.69, 9.17) is 21.1 Å². The van der Waals surface area contributed by atoms with Gasteiger partial charge in [0.2, 0.25) is 0 Å². The lowest BCUT2D eigenvalue weighted by Crippen LogP contribution is -2.35. The Morgan fingerprint density at radius 1 is 1.50 bits per heavy atom. The van der Waals surface area contributed by atoms with Gasteiger partial charge in [-0.15, -0.1) is 0 Å². The van der Waals surface area contributed by atoms with E-state index in [1.54, 1.807) is 0 Å². The maximum absolute atomic E-state index is 14.0. The van der Waals surface area contributed by atoms with Gasteiger partial charge in [0, 0.05) is 25.6 Å². The van der Waals surface area contributed by atoms with Crippen LogP contribution in [0.5, 0.6) is 0 Å². The Bertz CT molecular complexity index is 527. The normalized spacial score (nSPS) is 15.8. The van der Waals surface area contributed by atoms with E-state index in [0.717, 1.165) is 26.1 Å². The lowest BCUT2D eigenvalue weighted by Gasteiger charge is -2.21. The van der Waals surface area contributed by atoms with Crippen LogP contribution >= 0.6 is 23.5 Å². The second-order valence-electron chi connectivity index (χ2n) is 4.86. The molecular formula is C14H18ClFN2O3S. The molecule has 1 heterocycles. The van der Waals surface area contributed by atoms with Crippen LogP contribution < -0.4 is 10.3 Å². The molecule has 1 aromatic rings. The number of ether oxygens (including phenoxy) is 2. The molecule has 1 aliphatic rings. The first-order valence-corrected chi connectivity index (χ1v) is 8.13. The molecule has 0 spiro atoms. The van der Waals surface area contributed by atoms with E-state index >= 15 is 0 Å². The number of carbonyl (C=O) groups is 1. The molecule has 1 saturated heterocycles. The van der Waals surface area contributed by atoms with Crippen molar-refractivity contribution in [2.75, 3.05) is 20.3 Å². The zero-order chi connectivity index (χ0) is 15.9. The molecule has 0 atom stereocenters. The molecule has 0 bridgehead atoms. The summed E-state index contributed by atoms with van der Waals surface area (Å²) >= 11 is 7.21. The van der Waals surface area contributed by atoms with Crippen molar-refractivity contribution in [1.29, 1.82) is 0 Å². The standard InChI is InChI=1S/C14H18ClFN2O3S/c1-20-8-9-6-11(13(16)12(15)7-9)14(19)17-18-22-10-2-4-21-5-3-10/h6-7,10,18H,2-5,8H2,1H3,(H,17,19). The molecule has 2 N–H and O–H groups in total. The van der Waals surface area contributed by atoms with Gasteiger partial charge in [-0.3, -0.25) is 10.2 Å². The van der Waals surface area contributed by atoms with Gasteiger partial charge in [-0.05, 0) is 30.5 Å². The highest BCUT2D eigenvalue weighted by atomic mass is 35.5. The zero-order valence-corrected chi connectivity index (χ0v) is 13.7. The zero-order valence-electron chi connectivity index (χ0n) is 12.2. The Kier molecular flexibility index (Phi) is 6.91. The van der Waals surface area contributed by atoms with E-state index in [1.807, 2.05) is 0 Å². The van der Waals surface area contributed by atoms with Gasteiger partial charge in [0.25, 0.3) is 5.91 Å². The van der Waals surface area contributed by atoms with E-state index in [0.29, 0.717) is 10.8 Å². The number of rotatable bonds is 6. The first kappa shape index (κ1) is 17.5. The third-order valence-corrected chi connectivity index (χ3v) is 4.50. The van der Waals surface area contributed by atoms with Crippen molar-refractivity contribution >= 4 is 29.5 Å². The average molecular weight is 349 g/mol. The second kappa shape index (κ2) is 8.69. The highest BCUT2D eigenvalue weighted by Gasteiger charge is 2.18. The van der Waals surface area contributed by atoms with Crippen LogP contribution in [0.4, 0.5) is 4.39 Å². The molecule has 0 aromatic heterocycles. The molecule has 122 valence electrons. The SMILES string of the molecule is COCc1cc(Cl)c(F)c(C(=O)NNSC2CCOCC2)c1. The quantitative estimate of drug-likeness (QED) is 0.611. The van der Waals surface area contributed by atoms with Crippen LogP contribution in [0, 0.1) is 5.82 Å². The molecule has 2 rings (SSSR count). The number of hydrazine groups is 1. The predicted molar refractivity (Wildman–Crippen MR) is 84.2 cm³/mol. The topological polar surface area (TPSA) is 59.6 Å². The van der Waals surface area contributed by atoms with Crippen molar-refractivity contribution in [3.63, 3.8) is 0 Å². The molecule has 5 nitrogen and oxygen atoms in total. The minimum Gasteiger partial charge on any atom is -0.381 e. The Morgan fingerprint density at radius 3 is 2.91 bits per heavy atom.